The van der Waals surface area contributed by atoms with Crippen LogP contribution in [0, 0.1) is 18.7 Å². The number of benzene rings is 1. The van der Waals surface area contributed by atoms with Gasteiger partial charge in [0.2, 0.25) is 5.91 Å². The van der Waals surface area contributed by atoms with E-state index in [2.05, 4.69) is 35.7 Å². The molecule has 1 aliphatic heterocycles. The number of halogens is 2. The number of aromatic nitrogens is 4. The van der Waals surface area contributed by atoms with Gasteiger partial charge in [0, 0.05) is 48.7 Å². The monoisotopic (exact) mass is 554 g/mol. The Morgan fingerprint density at radius 3 is 2.56 bits per heavy atom. The molecule has 11 nitrogen and oxygen atoms in total. The van der Waals surface area contributed by atoms with Gasteiger partial charge in [-0.1, -0.05) is 11.6 Å². The molecule has 0 atom stereocenters. The number of hydrogen-bond acceptors (Lipinski definition) is 9. The van der Waals surface area contributed by atoms with E-state index >= 15 is 0 Å². The zero-order valence-electron chi connectivity index (χ0n) is 21.5. The maximum atomic E-state index is 14.3. The number of hydrogen-bond donors (Lipinski definition) is 2. The lowest BCUT2D eigenvalue weighted by Gasteiger charge is -2.37. The summed E-state index contributed by atoms with van der Waals surface area (Å²) in [7, 11) is 2.02. The highest BCUT2D eigenvalue weighted by Gasteiger charge is 2.38. The average molecular weight is 555 g/mol. The molecule has 13 heteroatoms. The fourth-order valence-electron chi connectivity index (χ4n) is 4.35. The summed E-state index contributed by atoms with van der Waals surface area (Å²) in [5, 5.41) is 14.5. The average Bonchev–Trinajstić information content (AvgIpc) is 2.89. The van der Waals surface area contributed by atoms with E-state index in [0.29, 0.717) is 59.7 Å². The molecule has 1 saturated heterocycles. The van der Waals surface area contributed by atoms with Gasteiger partial charge in [-0.3, -0.25) is 4.79 Å². The fourth-order valence-corrected chi connectivity index (χ4v) is 4.52. The van der Waals surface area contributed by atoms with Crippen LogP contribution < -0.4 is 10.6 Å². The molecule has 0 unspecified atom stereocenters. The highest BCUT2D eigenvalue weighted by molar-refractivity contribution is 6.30. The molecule has 1 aliphatic carbocycles. The van der Waals surface area contributed by atoms with E-state index in [1.54, 1.807) is 24.0 Å². The highest BCUT2D eigenvalue weighted by atomic mass is 35.5. The summed E-state index contributed by atoms with van der Waals surface area (Å²) in [6.45, 7) is 4.67. The van der Waals surface area contributed by atoms with E-state index < -0.39 is 5.82 Å². The van der Waals surface area contributed by atoms with E-state index in [4.69, 9.17) is 16.3 Å². The number of anilines is 3. The van der Waals surface area contributed by atoms with Crippen molar-refractivity contribution in [3.8, 4) is 11.3 Å². The molecule has 3 heterocycles. The minimum absolute atomic E-state index is 0.202. The van der Waals surface area contributed by atoms with E-state index in [-0.39, 0.29) is 29.6 Å². The van der Waals surface area contributed by atoms with E-state index in [9.17, 15) is 14.0 Å². The third kappa shape index (κ3) is 6.40. The largest absolute Gasteiger partial charge is 0.446 e. The molecule has 5 rings (SSSR count). The summed E-state index contributed by atoms with van der Waals surface area (Å²) >= 11 is 6.02. The lowest BCUT2D eigenvalue weighted by Crippen LogP contribution is -2.49. The first-order chi connectivity index (χ1) is 18.7. The summed E-state index contributed by atoms with van der Waals surface area (Å²) in [6.07, 6.45) is 1.66. The maximum Gasteiger partial charge on any atom is 0.410 e. The number of aryl methyl sites for hydroxylation is 1. The molecule has 1 saturated carbocycles. The number of ether oxygens (including phenoxy) is 1. The first kappa shape index (κ1) is 26.7. The maximum absolute atomic E-state index is 14.3. The van der Waals surface area contributed by atoms with Crippen molar-refractivity contribution >= 4 is 40.9 Å². The Hall–Kier alpha value is -3.90. The van der Waals surface area contributed by atoms with Gasteiger partial charge in [0.15, 0.2) is 0 Å². The molecule has 2 amide bonds. The number of nitrogens with one attached hydrogen (secondary N) is 2. The standard InChI is InChI=1S/C26H28ClFN8O3/c1-15-21(12-22(34-33-15)19-11-17(27)3-4-20(19)28)31-23-13-24(30-14-29-23)32-25(37)16-9-18(10-16)39-26(38)36-7-5-35(2)6-8-36/h3-4,11-14,16,18H,5-10H2,1-2H3,(H2,29,30,31,32,34,37). The van der Waals surface area contributed by atoms with E-state index in [0.717, 1.165) is 13.1 Å². The van der Waals surface area contributed by atoms with Crippen LogP contribution in [0.2, 0.25) is 5.02 Å². The summed E-state index contributed by atoms with van der Waals surface area (Å²) < 4.78 is 19.9. The zero-order chi connectivity index (χ0) is 27.5. The molecule has 3 aromatic rings. The smallest absolute Gasteiger partial charge is 0.410 e. The van der Waals surface area contributed by atoms with Crippen molar-refractivity contribution in [1.29, 1.82) is 0 Å². The van der Waals surface area contributed by atoms with Crippen molar-refractivity contribution in [1.82, 2.24) is 30.0 Å². The van der Waals surface area contributed by atoms with Crippen molar-refractivity contribution in [2.24, 2.45) is 5.92 Å². The predicted octanol–water partition coefficient (Wildman–Crippen LogP) is 3.88. The zero-order valence-corrected chi connectivity index (χ0v) is 22.3. The number of carbonyl (C=O) groups excluding carboxylic acids is 2. The van der Waals surface area contributed by atoms with Crippen molar-refractivity contribution in [2.75, 3.05) is 43.9 Å². The Labute approximate surface area is 229 Å². The number of carbonyl (C=O) groups is 2. The third-order valence-corrected chi connectivity index (χ3v) is 7.09. The number of nitrogens with zero attached hydrogens (tertiary/aromatic N) is 6. The first-order valence-electron chi connectivity index (χ1n) is 12.6. The van der Waals surface area contributed by atoms with Gasteiger partial charge >= 0.3 is 6.09 Å². The second-order valence-electron chi connectivity index (χ2n) is 9.72. The second-order valence-corrected chi connectivity index (χ2v) is 10.2. The van der Waals surface area contributed by atoms with E-state index in [1.807, 2.05) is 7.05 Å². The summed E-state index contributed by atoms with van der Waals surface area (Å²) in [6, 6.07) is 7.45. The molecule has 1 aromatic carbocycles. The van der Waals surface area contributed by atoms with Gasteiger partial charge in [-0.25, -0.2) is 19.2 Å². The van der Waals surface area contributed by atoms with Crippen LogP contribution in [-0.2, 0) is 9.53 Å². The van der Waals surface area contributed by atoms with Gasteiger partial charge in [-0.2, -0.15) is 10.2 Å². The van der Waals surface area contributed by atoms with Crippen LogP contribution in [0.3, 0.4) is 0 Å². The quantitative estimate of drug-likeness (QED) is 0.467. The Morgan fingerprint density at radius 1 is 1.05 bits per heavy atom. The molecule has 2 aliphatic rings. The van der Waals surface area contributed by atoms with Crippen LogP contribution in [0.4, 0.5) is 26.5 Å². The minimum Gasteiger partial charge on any atom is -0.446 e. The predicted molar refractivity (Wildman–Crippen MR) is 143 cm³/mol. The van der Waals surface area contributed by atoms with Crippen molar-refractivity contribution in [3.63, 3.8) is 0 Å². The van der Waals surface area contributed by atoms with Gasteiger partial charge in [0.25, 0.3) is 0 Å². The second kappa shape index (κ2) is 11.5. The molecule has 0 radical (unpaired) electrons. The molecule has 2 aromatic heterocycles. The van der Waals surface area contributed by atoms with Gasteiger partial charge in [-0.05, 0) is 51.1 Å². The number of amides is 2. The Balaban J connectivity index is 1.17. The minimum atomic E-state index is -0.470. The Bertz CT molecular complexity index is 1380. The number of piperazine rings is 1. The Morgan fingerprint density at radius 2 is 1.79 bits per heavy atom. The fraction of sp³-hybridized carbons (Fsp3) is 0.385. The topological polar surface area (TPSA) is 125 Å². The van der Waals surface area contributed by atoms with Crippen molar-refractivity contribution in [2.45, 2.75) is 25.9 Å². The molecule has 0 bridgehead atoms. The third-order valence-electron chi connectivity index (χ3n) is 6.86. The van der Waals surface area contributed by atoms with Crippen LogP contribution in [0.1, 0.15) is 18.5 Å². The molecule has 204 valence electrons. The van der Waals surface area contributed by atoms with Crippen LogP contribution >= 0.6 is 11.6 Å². The Kier molecular flexibility index (Phi) is 7.84. The SMILES string of the molecule is Cc1nnc(-c2cc(Cl)ccc2F)cc1Nc1cc(NC(=O)C2CC(OC(=O)N3CCN(C)CC3)C2)ncn1. The molecule has 2 fully saturated rings. The van der Waals surface area contributed by atoms with Crippen LogP contribution in [0.15, 0.2) is 36.7 Å². The molecule has 2 N–H and O–H groups in total. The first-order valence-corrected chi connectivity index (χ1v) is 13.0. The normalized spacial score (nSPS) is 19.2. The summed E-state index contributed by atoms with van der Waals surface area (Å²) in [4.78, 5) is 37.3. The lowest BCUT2D eigenvalue weighted by atomic mass is 9.81. The number of likely N-dealkylation sites (N-methyl/N-ethyl adjacent to an activating group) is 1. The van der Waals surface area contributed by atoms with Crippen molar-refractivity contribution < 1.29 is 18.7 Å². The molecule has 0 spiro atoms. The van der Waals surface area contributed by atoms with Gasteiger partial charge in [0.1, 0.15) is 29.9 Å². The van der Waals surface area contributed by atoms with Crippen LogP contribution in [-0.4, -0.2) is 81.3 Å². The van der Waals surface area contributed by atoms with Crippen LogP contribution in [0.25, 0.3) is 11.3 Å². The highest BCUT2D eigenvalue weighted by Crippen LogP contribution is 2.32. The van der Waals surface area contributed by atoms with E-state index in [1.165, 1.54) is 24.5 Å². The lowest BCUT2D eigenvalue weighted by molar-refractivity contribution is -0.126. The molecule has 39 heavy (non-hydrogen) atoms. The number of rotatable bonds is 6. The van der Waals surface area contributed by atoms with Gasteiger partial charge in [0.05, 0.1) is 17.1 Å². The summed E-state index contributed by atoms with van der Waals surface area (Å²) in [5.41, 5.74) is 1.65. The van der Waals surface area contributed by atoms with Gasteiger partial charge < -0.3 is 25.2 Å². The van der Waals surface area contributed by atoms with Crippen molar-refractivity contribution in [3.05, 3.63) is 53.2 Å². The van der Waals surface area contributed by atoms with Crippen LogP contribution in [0.5, 0.6) is 0 Å². The summed E-state index contributed by atoms with van der Waals surface area (Å²) in [5.74, 6) is -0.226. The van der Waals surface area contributed by atoms with Gasteiger partial charge in [-0.15, -0.1) is 0 Å². The molecular formula is C26H28ClFN8O3. The molecular weight excluding hydrogens is 527 g/mol.